The normalized spacial score (nSPS) is 43.6. The zero-order chi connectivity index (χ0) is 21.5. The lowest BCUT2D eigenvalue weighted by atomic mass is 9.60. The molecule has 4 nitrogen and oxygen atoms in total. The van der Waals surface area contributed by atoms with E-state index in [1.807, 2.05) is 0 Å². The molecule has 0 aromatic heterocycles. The fourth-order valence-electron chi connectivity index (χ4n) is 6.78. The van der Waals surface area contributed by atoms with Gasteiger partial charge in [-0.1, -0.05) is 38.2 Å². The highest BCUT2D eigenvalue weighted by atomic mass is 16.6. The van der Waals surface area contributed by atoms with E-state index >= 15 is 0 Å². The van der Waals surface area contributed by atoms with Crippen LogP contribution in [0, 0.1) is 23.2 Å². The summed E-state index contributed by atoms with van der Waals surface area (Å²) in [6, 6.07) is 0. The van der Waals surface area contributed by atoms with Gasteiger partial charge in [0.1, 0.15) is 6.10 Å². The van der Waals surface area contributed by atoms with Crippen LogP contribution in [-0.4, -0.2) is 46.3 Å². The van der Waals surface area contributed by atoms with Crippen LogP contribution in [0.1, 0.15) is 71.6 Å². The highest BCUT2D eigenvalue weighted by Gasteiger charge is 2.50. The van der Waals surface area contributed by atoms with Gasteiger partial charge in [0.2, 0.25) is 0 Å². The van der Waals surface area contributed by atoms with Crippen LogP contribution in [0.5, 0.6) is 0 Å². The molecule has 4 rings (SSSR count). The molecule has 0 spiro atoms. The van der Waals surface area contributed by atoms with E-state index in [1.165, 1.54) is 25.7 Å². The van der Waals surface area contributed by atoms with Crippen molar-refractivity contribution in [3.05, 3.63) is 35.5 Å². The molecular formula is C26H40O4. The van der Waals surface area contributed by atoms with E-state index in [0.717, 1.165) is 37.0 Å². The molecule has 0 radical (unpaired) electrons. The number of allylic oxidation sites excluding steroid dienone is 3. The number of ether oxygens (including phenoxy) is 1. The summed E-state index contributed by atoms with van der Waals surface area (Å²) < 4.78 is 5.25. The number of aliphatic hydroxyl groups is 3. The minimum atomic E-state index is -0.622. The van der Waals surface area contributed by atoms with Crippen LogP contribution in [0.3, 0.4) is 0 Å². The molecule has 4 aliphatic rings. The summed E-state index contributed by atoms with van der Waals surface area (Å²) in [5, 5.41) is 30.3. The third-order valence-electron chi connectivity index (χ3n) is 8.70. The predicted molar refractivity (Wildman–Crippen MR) is 119 cm³/mol. The molecule has 4 fully saturated rings. The number of hydrogen-bond donors (Lipinski definition) is 3. The van der Waals surface area contributed by atoms with E-state index in [0.29, 0.717) is 36.0 Å². The third-order valence-corrected chi connectivity index (χ3v) is 8.70. The number of hydrogen-bond acceptors (Lipinski definition) is 4. The summed E-state index contributed by atoms with van der Waals surface area (Å²) >= 11 is 0. The van der Waals surface area contributed by atoms with Gasteiger partial charge in [-0.3, -0.25) is 0 Å². The van der Waals surface area contributed by atoms with Crippen LogP contribution >= 0.6 is 0 Å². The average molecular weight is 417 g/mol. The van der Waals surface area contributed by atoms with Crippen LogP contribution in [0.4, 0.5) is 0 Å². The molecule has 8 atom stereocenters. The maximum absolute atomic E-state index is 10.2. The van der Waals surface area contributed by atoms with Crippen molar-refractivity contribution >= 4 is 0 Å². The number of aliphatic hydroxyl groups excluding tert-OH is 3. The Labute approximate surface area is 181 Å². The lowest BCUT2D eigenvalue weighted by Gasteiger charge is -2.44. The first kappa shape index (κ1) is 22.3. The quantitative estimate of drug-likeness (QED) is 0.564. The second kappa shape index (κ2) is 8.90. The monoisotopic (exact) mass is 416 g/mol. The third kappa shape index (κ3) is 4.48. The second-order valence-electron chi connectivity index (χ2n) is 10.7. The van der Waals surface area contributed by atoms with Gasteiger partial charge in [-0.15, -0.1) is 0 Å². The molecule has 1 heterocycles. The van der Waals surface area contributed by atoms with Gasteiger partial charge in [0.25, 0.3) is 0 Å². The molecule has 0 amide bonds. The van der Waals surface area contributed by atoms with Gasteiger partial charge in [-0.05, 0) is 85.7 Å². The summed E-state index contributed by atoms with van der Waals surface area (Å²) in [6.45, 7) is 9.66. The Bertz CT molecular complexity index is 706. The average Bonchev–Trinajstić information content (AvgIpc) is 3.49. The van der Waals surface area contributed by atoms with E-state index in [4.69, 9.17) is 4.74 Å². The van der Waals surface area contributed by atoms with Crippen molar-refractivity contribution in [1.82, 2.24) is 0 Å². The van der Waals surface area contributed by atoms with Crippen LogP contribution < -0.4 is 0 Å². The Hall–Kier alpha value is -0.940. The van der Waals surface area contributed by atoms with Crippen molar-refractivity contribution in [1.29, 1.82) is 0 Å². The zero-order valence-corrected chi connectivity index (χ0v) is 18.7. The van der Waals surface area contributed by atoms with Gasteiger partial charge in [-0.2, -0.15) is 0 Å². The van der Waals surface area contributed by atoms with Gasteiger partial charge in [0, 0.05) is 6.42 Å². The zero-order valence-electron chi connectivity index (χ0n) is 18.7. The van der Waals surface area contributed by atoms with Crippen molar-refractivity contribution in [3.8, 4) is 0 Å². The van der Waals surface area contributed by atoms with Crippen molar-refractivity contribution in [2.45, 2.75) is 96.1 Å². The topological polar surface area (TPSA) is 73.2 Å². The molecule has 0 aromatic rings. The Morgan fingerprint density at radius 2 is 2.00 bits per heavy atom. The minimum Gasteiger partial charge on any atom is -0.393 e. The first-order chi connectivity index (χ1) is 14.3. The van der Waals surface area contributed by atoms with Crippen LogP contribution in [0.2, 0.25) is 0 Å². The highest BCUT2D eigenvalue weighted by molar-refractivity contribution is 5.38. The lowest BCUT2D eigenvalue weighted by Crippen LogP contribution is -2.36. The van der Waals surface area contributed by atoms with Gasteiger partial charge in [0.05, 0.1) is 24.9 Å². The first-order valence-corrected chi connectivity index (χ1v) is 12.0. The number of fused-ring (bicyclic) bond motifs is 1. The Morgan fingerprint density at radius 1 is 1.23 bits per heavy atom. The summed E-state index contributed by atoms with van der Waals surface area (Å²) in [4.78, 5) is 0. The standard InChI is InChI=1S/C26H40O4/c1-16(6-11-23(28)25-15-30-25)21-9-10-22-18(5-4-12-26(21,22)3)7-8-19-13-20(27)14-24(29)17(19)2/h7-8,16,20-25,27-29H,2,4-6,9-15H2,1,3H3/b18-7+,19-8-/t16-,20-,21-,22+,23-,24+,25?,26-/m1/s1. The Morgan fingerprint density at radius 3 is 2.73 bits per heavy atom. The van der Waals surface area contributed by atoms with E-state index < -0.39 is 12.2 Å². The van der Waals surface area contributed by atoms with E-state index in [2.05, 4.69) is 32.6 Å². The van der Waals surface area contributed by atoms with Crippen molar-refractivity contribution in [2.24, 2.45) is 23.2 Å². The molecular weight excluding hydrogens is 376 g/mol. The maximum Gasteiger partial charge on any atom is 0.107 e. The smallest absolute Gasteiger partial charge is 0.107 e. The summed E-state index contributed by atoms with van der Waals surface area (Å²) in [5.41, 5.74) is 3.65. The molecule has 0 aromatic carbocycles. The summed E-state index contributed by atoms with van der Waals surface area (Å²) in [5.74, 6) is 1.95. The van der Waals surface area contributed by atoms with E-state index in [-0.39, 0.29) is 12.2 Å². The Balaban J connectivity index is 1.44. The largest absolute Gasteiger partial charge is 0.393 e. The number of epoxide rings is 1. The first-order valence-electron chi connectivity index (χ1n) is 12.0. The molecule has 3 aliphatic carbocycles. The van der Waals surface area contributed by atoms with Crippen LogP contribution in [-0.2, 0) is 4.74 Å². The molecule has 0 bridgehead atoms. The van der Waals surface area contributed by atoms with E-state index in [9.17, 15) is 15.3 Å². The van der Waals surface area contributed by atoms with Crippen molar-refractivity contribution in [2.75, 3.05) is 6.61 Å². The molecule has 1 aliphatic heterocycles. The Kier molecular flexibility index (Phi) is 6.60. The SMILES string of the molecule is C=C1/C(=C\C=C2/CCC[C@]3(C)[C@@H]([C@H](C)CC[C@@H](O)C4CO4)CC[C@@H]23)C[C@@H](O)C[C@@H]1O. The van der Waals surface area contributed by atoms with Gasteiger partial charge >= 0.3 is 0 Å². The summed E-state index contributed by atoms with van der Waals surface area (Å²) in [7, 11) is 0. The molecule has 4 heteroatoms. The molecule has 3 N–H and O–H groups in total. The van der Waals surface area contributed by atoms with Crippen LogP contribution in [0.15, 0.2) is 35.5 Å². The molecule has 3 saturated carbocycles. The molecule has 30 heavy (non-hydrogen) atoms. The highest BCUT2D eigenvalue weighted by Crippen LogP contribution is 2.60. The van der Waals surface area contributed by atoms with Gasteiger partial charge in [0.15, 0.2) is 0 Å². The fraction of sp³-hybridized carbons (Fsp3) is 0.769. The molecule has 1 unspecified atom stereocenters. The van der Waals surface area contributed by atoms with Crippen molar-refractivity contribution in [3.63, 3.8) is 0 Å². The predicted octanol–water partition coefficient (Wildman–Crippen LogP) is 4.30. The second-order valence-corrected chi connectivity index (χ2v) is 10.7. The fourth-order valence-corrected chi connectivity index (χ4v) is 6.78. The van der Waals surface area contributed by atoms with E-state index in [1.54, 1.807) is 5.57 Å². The lowest BCUT2D eigenvalue weighted by molar-refractivity contribution is 0.0759. The number of rotatable bonds is 6. The molecule has 168 valence electrons. The maximum atomic E-state index is 10.2. The van der Waals surface area contributed by atoms with Crippen molar-refractivity contribution < 1.29 is 20.1 Å². The van der Waals surface area contributed by atoms with Gasteiger partial charge in [-0.25, -0.2) is 0 Å². The molecule has 1 saturated heterocycles. The summed E-state index contributed by atoms with van der Waals surface area (Å²) in [6.07, 6.45) is 12.2. The minimum absolute atomic E-state index is 0.0907. The van der Waals surface area contributed by atoms with Crippen LogP contribution in [0.25, 0.3) is 0 Å². The van der Waals surface area contributed by atoms with Gasteiger partial charge < -0.3 is 20.1 Å².